The number of pyridine rings is 1. The van der Waals surface area contributed by atoms with Gasteiger partial charge in [-0.25, -0.2) is 4.98 Å². The van der Waals surface area contributed by atoms with Crippen molar-refractivity contribution in [2.75, 3.05) is 12.8 Å². The van der Waals surface area contributed by atoms with Crippen LogP contribution in [0.4, 0.5) is 5.82 Å². The van der Waals surface area contributed by atoms with E-state index in [4.69, 9.17) is 10.5 Å². The molecule has 0 amide bonds. The minimum atomic E-state index is -0.842. The number of anilines is 1. The molecule has 3 N–H and O–H groups in total. The van der Waals surface area contributed by atoms with Crippen LogP contribution in [0.5, 0.6) is 0 Å². The molecular formula is C14H16N2O2. The van der Waals surface area contributed by atoms with Gasteiger partial charge in [-0.3, -0.25) is 0 Å². The van der Waals surface area contributed by atoms with E-state index in [2.05, 4.69) is 4.98 Å². The van der Waals surface area contributed by atoms with Crippen molar-refractivity contribution in [1.29, 1.82) is 0 Å². The molecular weight excluding hydrogens is 228 g/mol. The first kappa shape index (κ1) is 12.5. The summed E-state index contributed by atoms with van der Waals surface area (Å²) in [4.78, 5) is 3.97. The lowest BCUT2D eigenvalue weighted by Crippen LogP contribution is -2.15. The second-order valence-electron chi connectivity index (χ2n) is 3.99. The molecule has 0 saturated carbocycles. The first-order chi connectivity index (χ1) is 8.74. The summed E-state index contributed by atoms with van der Waals surface area (Å²) in [6.45, 7) is 0. The summed E-state index contributed by atoms with van der Waals surface area (Å²) in [6.07, 6.45) is 0.291. The van der Waals surface area contributed by atoms with Gasteiger partial charge in [-0.2, -0.15) is 0 Å². The fourth-order valence-corrected chi connectivity index (χ4v) is 1.93. The Balaban J connectivity index is 2.32. The first-order valence-corrected chi connectivity index (χ1v) is 5.70. The van der Waals surface area contributed by atoms with E-state index in [-0.39, 0.29) is 0 Å². The zero-order valence-corrected chi connectivity index (χ0v) is 10.2. The van der Waals surface area contributed by atoms with Crippen molar-refractivity contribution in [2.45, 2.75) is 12.2 Å². The van der Waals surface area contributed by atoms with Crippen LogP contribution in [0.1, 0.15) is 23.3 Å². The Morgan fingerprint density at radius 2 is 1.89 bits per heavy atom. The van der Waals surface area contributed by atoms with E-state index in [9.17, 15) is 5.11 Å². The van der Waals surface area contributed by atoms with Crippen LogP contribution >= 0.6 is 0 Å². The van der Waals surface area contributed by atoms with Crippen LogP contribution in [-0.4, -0.2) is 17.2 Å². The SMILES string of the molecule is COC(c1ccccc1)C(O)c1cccnc1N. The highest BCUT2D eigenvalue weighted by Crippen LogP contribution is 2.33. The summed E-state index contributed by atoms with van der Waals surface area (Å²) >= 11 is 0. The summed E-state index contributed by atoms with van der Waals surface area (Å²) in [5.41, 5.74) is 7.24. The molecule has 0 spiro atoms. The second-order valence-corrected chi connectivity index (χ2v) is 3.99. The van der Waals surface area contributed by atoms with Crippen molar-refractivity contribution in [3.8, 4) is 0 Å². The molecule has 2 aromatic rings. The van der Waals surface area contributed by atoms with Gasteiger partial charge in [-0.1, -0.05) is 36.4 Å². The molecule has 1 aromatic carbocycles. The lowest BCUT2D eigenvalue weighted by atomic mass is 9.98. The Morgan fingerprint density at radius 3 is 2.50 bits per heavy atom. The van der Waals surface area contributed by atoms with Crippen molar-refractivity contribution >= 4 is 5.82 Å². The Hall–Kier alpha value is -1.91. The normalized spacial score (nSPS) is 14.1. The summed E-state index contributed by atoms with van der Waals surface area (Å²) in [6, 6.07) is 13.0. The van der Waals surface area contributed by atoms with Crippen LogP contribution < -0.4 is 5.73 Å². The predicted octanol–water partition coefficient (Wildman–Crippen LogP) is 2.08. The minimum Gasteiger partial charge on any atom is -0.385 e. The lowest BCUT2D eigenvalue weighted by Gasteiger charge is -2.22. The number of nitrogens with zero attached hydrogens (tertiary/aromatic N) is 1. The summed E-state index contributed by atoms with van der Waals surface area (Å²) in [5, 5.41) is 10.4. The maximum absolute atomic E-state index is 10.4. The van der Waals surface area contributed by atoms with E-state index in [0.29, 0.717) is 11.4 Å². The molecule has 4 heteroatoms. The Kier molecular flexibility index (Phi) is 3.92. The average molecular weight is 244 g/mol. The van der Waals surface area contributed by atoms with Crippen molar-refractivity contribution in [3.63, 3.8) is 0 Å². The standard InChI is InChI=1S/C14H16N2O2/c1-18-13(10-6-3-2-4-7-10)12(17)11-8-5-9-16-14(11)15/h2-9,12-13,17H,1H3,(H2,15,16). The quantitative estimate of drug-likeness (QED) is 0.864. The van der Waals surface area contributed by atoms with Crippen LogP contribution in [0.2, 0.25) is 0 Å². The molecule has 0 aliphatic rings. The molecule has 4 nitrogen and oxygen atoms in total. The third kappa shape index (κ3) is 2.50. The van der Waals surface area contributed by atoms with Crippen molar-refractivity contribution < 1.29 is 9.84 Å². The van der Waals surface area contributed by atoms with Gasteiger partial charge in [0.1, 0.15) is 18.0 Å². The fourth-order valence-electron chi connectivity index (χ4n) is 1.93. The van der Waals surface area contributed by atoms with Crippen LogP contribution in [0.15, 0.2) is 48.7 Å². The van der Waals surface area contributed by atoms with Gasteiger partial charge in [-0.05, 0) is 11.6 Å². The van der Waals surface area contributed by atoms with Crippen LogP contribution in [0, 0.1) is 0 Å². The highest BCUT2D eigenvalue weighted by molar-refractivity contribution is 5.41. The molecule has 2 rings (SSSR count). The van der Waals surface area contributed by atoms with E-state index in [1.165, 1.54) is 0 Å². The molecule has 1 heterocycles. The summed E-state index contributed by atoms with van der Waals surface area (Å²) < 4.78 is 5.37. The monoisotopic (exact) mass is 244 g/mol. The third-order valence-electron chi connectivity index (χ3n) is 2.86. The van der Waals surface area contributed by atoms with E-state index in [1.807, 2.05) is 30.3 Å². The van der Waals surface area contributed by atoms with Crippen LogP contribution in [0.3, 0.4) is 0 Å². The highest BCUT2D eigenvalue weighted by Gasteiger charge is 2.24. The molecule has 2 unspecified atom stereocenters. The van der Waals surface area contributed by atoms with Gasteiger partial charge in [0.15, 0.2) is 0 Å². The number of hydrogen-bond acceptors (Lipinski definition) is 4. The Labute approximate surface area is 106 Å². The van der Waals surface area contributed by atoms with E-state index >= 15 is 0 Å². The average Bonchev–Trinajstić information content (AvgIpc) is 2.41. The molecule has 94 valence electrons. The van der Waals surface area contributed by atoms with Gasteiger partial charge < -0.3 is 15.6 Å². The van der Waals surface area contributed by atoms with Gasteiger partial charge in [0, 0.05) is 18.9 Å². The van der Waals surface area contributed by atoms with E-state index in [0.717, 1.165) is 5.56 Å². The highest BCUT2D eigenvalue weighted by atomic mass is 16.5. The molecule has 0 radical (unpaired) electrons. The first-order valence-electron chi connectivity index (χ1n) is 5.70. The number of nitrogens with two attached hydrogens (primary N) is 1. The number of hydrogen-bond donors (Lipinski definition) is 2. The molecule has 2 atom stereocenters. The molecule has 0 aliphatic heterocycles. The molecule has 0 fully saturated rings. The largest absolute Gasteiger partial charge is 0.385 e. The molecule has 0 bridgehead atoms. The smallest absolute Gasteiger partial charge is 0.129 e. The van der Waals surface area contributed by atoms with Crippen LogP contribution in [0.25, 0.3) is 0 Å². The summed E-state index contributed by atoms with van der Waals surface area (Å²) in [7, 11) is 1.56. The molecule has 0 saturated heterocycles. The van der Waals surface area contributed by atoms with Gasteiger partial charge >= 0.3 is 0 Å². The number of nitrogen functional groups attached to an aromatic ring is 1. The number of methoxy groups -OCH3 is 1. The number of aromatic nitrogens is 1. The van der Waals surface area contributed by atoms with Crippen molar-refractivity contribution in [2.24, 2.45) is 0 Å². The number of rotatable bonds is 4. The van der Waals surface area contributed by atoms with E-state index in [1.54, 1.807) is 25.4 Å². The van der Waals surface area contributed by atoms with E-state index < -0.39 is 12.2 Å². The zero-order valence-electron chi connectivity index (χ0n) is 10.2. The number of ether oxygens (including phenoxy) is 1. The fraction of sp³-hybridized carbons (Fsp3) is 0.214. The zero-order chi connectivity index (χ0) is 13.0. The molecule has 18 heavy (non-hydrogen) atoms. The lowest BCUT2D eigenvalue weighted by molar-refractivity contribution is -0.0146. The number of aliphatic hydroxyl groups is 1. The van der Waals surface area contributed by atoms with Gasteiger partial charge in [-0.15, -0.1) is 0 Å². The van der Waals surface area contributed by atoms with Gasteiger partial charge in [0.25, 0.3) is 0 Å². The minimum absolute atomic E-state index is 0.322. The number of benzene rings is 1. The summed E-state index contributed by atoms with van der Waals surface area (Å²) in [5.74, 6) is 0.322. The number of aliphatic hydroxyl groups excluding tert-OH is 1. The van der Waals surface area contributed by atoms with Gasteiger partial charge in [0.2, 0.25) is 0 Å². The predicted molar refractivity (Wildman–Crippen MR) is 69.8 cm³/mol. The Morgan fingerprint density at radius 1 is 1.17 bits per heavy atom. The maximum Gasteiger partial charge on any atom is 0.129 e. The third-order valence-corrected chi connectivity index (χ3v) is 2.86. The van der Waals surface area contributed by atoms with Gasteiger partial charge in [0.05, 0.1) is 0 Å². The second kappa shape index (κ2) is 5.62. The molecule has 1 aromatic heterocycles. The van der Waals surface area contributed by atoms with Crippen molar-refractivity contribution in [3.05, 3.63) is 59.8 Å². The van der Waals surface area contributed by atoms with Crippen LogP contribution in [-0.2, 0) is 4.74 Å². The topological polar surface area (TPSA) is 68.4 Å². The Bertz CT molecular complexity index is 502. The van der Waals surface area contributed by atoms with Crippen molar-refractivity contribution in [1.82, 2.24) is 4.98 Å². The molecule has 0 aliphatic carbocycles. The maximum atomic E-state index is 10.4.